The van der Waals surface area contributed by atoms with Crippen LogP contribution in [0, 0.1) is 0 Å². The number of ether oxygens (including phenoxy) is 2. The van der Waals surface area contributed by atoms with Crippen molar-refractivity contribution in [2.75, 3.05) is 24.1 Å². The van der Waals surface area contributed by atoms with Crippen LogP contribution in [-0.2, 0) is 19.1 Å². The molecule has 0 saturated carbocycles. The molecule has 0 aliphatic carbocycles. The number of anilines is 2. The lowest BCUT2D eigenvalue weighted by molar-refractivity contribution is -0.136. The van der Waals surface area contributed by atoms with E-state index in [2.05, 4.69) is 5.43 Å². The Hall–Kier alpha value is -3.52. The summed E-state index contributed by atoms with van der Waals surface area (Å²) in [7, 11) is 2.64. The highest BCUT2D eigenvalue weighted by Crippen LogP contribution is 2.41. The molecule has 0 aromatic heterocycles. The van der Waals surface area contributed by atoms with E-state index >= 15 is 0 Å². The molecule has 0 radical (unpaired) electrons. The van der Waals surface area contributed by atoms with Gasteiger partial charge >= 0.3 is 5.97 Å². The molecule has 2 amide bonds. The third-order valence-electron chi connectivity index (χ3n) is 4.75. The summed E-state index contributed by atoms with van der Waals surface area (Å²) in [6.07, 6.45) is 0. The number of hydrazine groups is 1. The Morgan fingerprint density at radius 3 is 2.34 bits per heavy atom. The van der Waals surface area contributed by atoms with Crippen LogP contribution in [0.4, 0.5) is 11.4 Å². The maximum atomic E-state index is 13.4. The molecule has 2 aliphatic heterocycles. The molecule has 1 N–H and O–H groups in total. The standard InChI is InChI=1S/C20H16ClN3O5/c1-28-14-10-6-5-9-13(14)23-18(25)15-16(20(27)29-2)22-24(17(15)19(23)26)12-8-4-3-7-11(12)21/h3-10,17,22H,1-2H3/t17-/m1/s1. The molecule has 2 aromatic rings. The highest BCUT2D eigenvalue weighted by Gasteiger charge is 2.55. The molecule has 1 fully saturated rings. The van der Waals surface area contributed by atoms with Crippen LogP contribution < -0.4 is 20.1 Å². The molecule has 0 bridgehead atoms. The minimum atomic E-state index is -1.08. The molecule has 1 atom stereocenters. The molecule has 148 valence electrons. The van der Waals surface area contributed by atoms with Gasteiger partial charge in [-0.15, -0.1) is 0 Å². The number of para-hydroxylation sites is 3. The van der Waals surface area contributed by atoms with Gasteiger partial charge in [-0.25, -0.2) is 9.69 Å². The lowest BCUT2D eigenvalue weighted by Crippen LogP contribution is -2.46. The molecule has 2 aromatic carbocycles. The van der Waals surface area contributed by atoms with E-state index in [4.69, 9.17) is 21.1 Å². The lowest BCUT2D eigenvalue weighted by Gasteiger charge is -2.27. The first-order valence-electron chi connectivity index (χ1n) is 8.63. The molecule has 0 spiro atoms. The summed E-state index contributed by atoms with van der Waals surface area (Å²) in [6, 6.07) is 12.4. The summed E-state index contributed by atoms with van der Waals surface area (Å²) in [5, 5.41) is 1.75. The van der Waals surface area contributed by atoms with Crippen LogP contribution >= 0.6 is 11.6 Å². The lowest BCUT2D eigenvalue weighted by atomic mass is 10.1. The Balaban J connectivity index is 1.87. The second-order valence-corrected chi connectivity index (χ2v) is 6.67. The highest BCUT2D eigenvalue weighted by atomic mass is 35.5. The number of nitrogens with one attached hydrogen (secondary N) is 1. The molecular weight excluding hydrogens is 398 g/mol. The molecular formula is C20H16ClN3O5. The quantitative estimate of drug-likeness (QED) is 0.606. The number of hydrogen-bond donors (Lipinski definition) is 1. The Bertz CT molecular complexity index is 1070. The summed E-state index contributed by atoms with van der Waals surface area (Å²) in [6.45, 7) is 0. The van der Waals surface area contributed by atoms with Crippen molar-refractivity contribution in [3.05, 3.63) is 64.8 Å². The number of methoxy groups -OCH3 is 2. The molecule has 1 saturated heterocycles. The maximum Gasteiger partial charge on any atom is 0.356 e. The van der Waals surface area contributed by atoms with Crippen LogP contribution in [0.1, 0.15) is 0 Å². The van der Waals surface area contributed by atoms with E-state index in [1.807, 2.05) is 0 Å². The average Bonchev–Trinajstić information content (AvgIpc) is 3.25. The van der Waals surface area contributed by atoms with Gasteiger partial charge in [-0.2, -0.15) is 0 Å². The van der Waals surface area contributed by atoms with E-state index in [1.165, 1.54) is 19.2 Å². The van der Waals surface area contributed by atoms with E-state index in [1.54, 1.807) is 48.5 Å². The number of carbonyl (C=O) groups is 3. The number of hydrogen-bond acceptors (Lipinski definition) is 7. The van der Waals surface area contributed by atoms with Crippen molar-refractivity contribution in [3.63, 3.8) is 0 Å². The van der Waals surface area contributed by atoms with Crippen LogP contribution in [0.15, 0.2) is 59.8 Å². The van der Waals surface area contributed by atoms with Gasteiger partial charge in [-0.1, -0.05) is 35.9 Å². The number of fused-ring (bicyclic) bond motifs is 1. The molecule has 2 aliphatic rings. The first-order chi connectivity index (χ1) is 14.0. The summed E-state index contributed by atoms with van der Waals surface area (Å²) in [4.78, 5) is 39.9. The Labute approximate surface area is 171 Å². The first kappa shape index (κ1) is 18.8. The van der Waals surface area contributed by atoms with Gasteiger partial charge in [0, 0.05) is 0 Å². The van der Waals surface area contributed by atoms with E-state index in [0.29, 0.717) is 16.5 Å². The largest absolute Gasteiger partial charge is 0.495 e. The summed E-state index contributed by atoms with van der Waals surface area (Å²) in [5.74, 6) is -1.58. The van der Waals surface area contributed by atoms with Crippen LogP contribution in [0.5, 0.6) is 5.75 Å². The number of imide groups is 1. The van der Waals surface area contributed by atoms with Crippen LogP contribution in [-0.4, -0.2) is 38.0 Å². The fourth-order valence-corrected chi connectivity index (χ4v) is 3.69. The fraction of sp³-hybridized carbons (Fsp3) is 0.150. The second kappa shape index (κ2) is 7.14. The zero-order chi connectivity index (χ0) is 20.7. The number of amides is 2. The van der Waals surface area contributed by atoms with Crippen LogP contribution in [0.25, 0.3) is 0 Å². The molecule has 4 rings (SSSR count). The zero-order valence-corrected chi connectivity index (χ0v) is 16.3. The van der Waals surface area contributed by atoms with Gasteiger partial charge in [-0.05, 0) is 24.3 Å². The van der Waals surface area contributed by atoms with Gasteiger partial charge in [0.05, 0.1) is 36.2 Å². The maximum absolute atomic E-state index is 13.4. The van der Waals surface area contributed by atoms with E-state index in [9.17, 15) is 14.4 Å². The van der Waals surface area contributed by atoms with Gasteiger partial charge in [0.15, 0.2) is 11.7 Å². The second-order valence-electron chi connectivity index (χ2n) is 6.27. The number of nitrogens with zero attached hydrogens (tertiary/aromatic N) is 2. The predicted molar refractivity (Wildman–Crippen MR) is 105 cm³/mol. The number of carbonyl (C=O) groups excluding carboxylic acids is 3. The molecule has 2 heterocycles. The zero-order valence-electron chi connectivity index (χ0n) is 15.5. The third kappa shape index (κ3) is 2.80. The van der Waals surface area contributed by atoms with Crippen molar-refractivity contribution >= 4 is 40.8 Å². The Kier molecular flexibility index (Phi) is 4.63. The Morgan fingerprint density at radius 2 is 1.69 bits per heavy atom. The van der Waals surface area contributed by atoms with Gasteiger partial charge in [-0.3, -0.25) is 20.0 Å². The first-order valence-corrected chi connectivity index (χ1v) is 9.01. The monoisotopic (exact) mass is 413 g/mol. The average molecular weight is 414 g/mol. The number of benzene rings is 2. The molecule has 8 nitrogen and oxygen atoms in total. The van der Waals surface area contributed by atoms with Crippen molar-refractivity contribution in [1.29, 1.82) is 0 Å². The van der Waals surface area contributed by atoms with Crippen molar-refractivity contribution in [1.82, 2.24) is 5.43 Å². The Morgan fingerprint density at radius 1 is 1.03 bits per heavy atom. The van der Waals surface area contributed by atoms with Crippen LogP contribution in [0.3, 0.4) is 0 Å². The highest BCUT2D eigenvalue weighted by molar-refractivity contribution is 6.36. The topological polar surface area (TPSA) is 88.2 Å². The summed E-state index contributed by atoms with van der Waals surface area (Å²) in [5.41, 5.74) is 3.44. The van der Waals surface area contributed by atoms with Crippen molar-refractivity contribution in [3.8, 4) is 5.75 Å². The van der Waals surface area contributed by atoms with Gasteiger partial charge in [0.25, 0.3) is 11.8 Å². The number of rotatable bonds is 4. The smallest absolute Gasteiger partial charge is 0.356 e. The van der Waals surface area contributed by atoms with Crippen molar-refractivity contribution < 1.29 is 23.9 Å². The summed E-state index contributed by atoms with van der Waals surface area (Å²) < 4.78 is 10.1. The van der Waals surface area contributed by atoms with E-state index in [0.717, 1.165) is 4.90 Å². The van der Waals surface area contributed by atoms with Gasteiger partial charge < -0.3 is 9.47 Å². The normalized spacial score (nSPS) is 18.1. The molecule has 29 heavy (non-hydrogen) atoms. The summed E-state index contributed by atoms with van der Waals surface area (Å²) >= 11 is 6.29. The third-order valence-corrected chi connectivity index (χ3v) is 5.07. The SMILES string of the molecule is COC(=O)C1=C2C(=O)N(c3ccccc3OC)C(=O)[C@@H]2N(c2ccccc2Cl)N1. The molecule has 0 unspecified atom stereocenters. The predicted octanol–water partition coefficient (Wildman–Crippen LogP) is 2.04. The van der Waals surface area contributed by atoms with Crippen LogP contribution in [0.2, 0.25) is 5.02 Å². The van der Waals surface area contributed by atoms with Gasteiger partial charge in [0.1, 0.15) is 5.75 Å². The molecule has 9 heteroatoms. The fourth-order valence-electron chi connectivity index (χ4n) is 3.46. The van der Waals surface area contributed by atoms with Gasteiger partial charge in [0.2, 0.25) is 0 Å². The van der Waals surface area contributed by atoms with E-state index in [-0.39, 0.29) is 17.0 Å². The van der Waals surface area contributed by atoms with Crippen molar-refractivity contribution in [2.24, 2.45) is 0 Å². The van der Waals surface area contributed by atoms with Crippen molar-refractivity contribution in [2.45, 2.75) is 6.04 Å². The minimum Gasteiger partial charge on any atom is -0.495 e. The number of esters is 1. The van der Waals surface area contributed by atoms with E-state index < -0.39 is 23.8 Å². The number of halogens is 1. The minimum absolute atomic E-state index is 0.00678.